The van der Waals surface area contributed by atoms with Crippen LogP contribution in [0.15, 0.2) is 36.4 Å². The maximum Gasteiger partial charge on any atom is 0.355 e. The predicted molar refractivity (Wildman–Crippen MR) is 137 cm³/mol. The zero-order valence-electron chi connectivity index (χ0n) is 20.7. The molecule has 0 saturated carbocycles. The van der Waals surface area contributed by atoms with Crippen molar-refractivity contribution in [2.45, 2.75) is 85.5 Å². The van der Waals surface area contributed by atoms with Gasteiger partial charge in [0, 0.05) is 40.3 Å². The molecule has 168 valence electrons. The summed E-state index contributed by atoms with van der Waals surface area (Å²) in [6, 6.07) is 13.5. The van der Waals surface area contributed by atoms with Gasteiger partial charge in [-0.2, -0.15) is 0 Å². The molecule has 1 aliphatic heterocycles. The number of amidine groups is 1. The van der Waals surface area contributed by atoms with Gasteiger partial charge < -0.3 is 0 Å². The van der Waals surface area contributed by atoms with Gasteiger partial charge in [0.25, 0.3) is 0 Å². The maximum absolute atomic E-state index is 7.29. The van der Waals surface area contributed by atoms with E-state index >= 15 is 0 Å². The summed E-state index contributed by atoms with van der Waals surface area (Å²) in [5, 5.41) is 0.844. The number of para-hydroxylation sites is 2. The molecule has 2 aromatic carbocycles. The number of hydrogen-bond donors (Lipinski definition) is 0. The first kappa shape index (κ1) is 23.9. The van der Waals surface area contributed by atoms with Gasteiger partial charge in [-0.15, -0.1) is 0 Å². The smallest absolute Gasteiger partial charge is 0.216 e. The van der Waals surface area contributed by atoms with Gasteiger partial charge in [-0.1, -0.05) is 91.8 Å². The molecule has 3 rings (SSSR count). The largest absolute Gasteiger partial charge is 0.355 e. The van der Waals surface area contributed by atoms with E-state index in [2.05, 4.69) is 101 Å². The molecule has 0 N–H and O–H groups in total. The lowest BCUT2D eigenvalue weighted by Gasteiger charge is -2.30. The highest BCUT2D eigenvalue weighted by molar-refractivity contribution is 6.66. The molecule has 0 unspecified atom stereocenters. The van der Waals surface area contributed by atoms with Gasteiger partial charge in [-0.3, -0.25) is 0 Å². The van der Waals surface area contributed by atoms with Gasteiger partial charge in [-0.05, 0) is 23.7 Å². The Balaban J connectivity index is 2.28. The Labute approximate surface area is 194 Å². The normalized spacial score (nSPS) is 15.2. The van der Waals surface area contributed by atoms with Crippen LogP contribution < -0.4 is 4.90 Å². The maximum atomic E-state index is 7.29. The van der Waals surface area contributed by atoms with Crippen molar-refractivity contribution in [3.63, 3.8) is 0 Å². The molecule has 0 saturated heterocycles. The quantitative estimate of drug-likeness (QED) is 0.323. The summed E-state index contributed by atoms with van der Waals surface area (Å²) in [6.45, 7) is 20.2. The second kappa shape index (κ2) is 9.77. The molecule has 0 aromatic heterocycles. The lowest BCUT2D eigenvalue weighted by atomic mass is 9.91. The van der Waals surface area contributed by atoms with Crippen molar-refractivity contribution in [1.29, 1.82) is 0 Å². The molecule has 0 aliphatic carbocycles. The van der Waals surface area contributed by atoms with Gasteiger partial charge in [-0.25, -0.2) is 9.48 Å². The molecule has 31 heavy (non-hydrogen) atoms. The van der Waals surface area contributed by atoms with E-state index in [-0.39, 0.29) is 0 Å². The SMILES string of the molecule is CC(C)c1cccc(C(C)C)c1N1CCC[N+](c2c(C(C)C)cccc2C(C)C)=C1Cl. The lowest BCUT2D eigenvalue weighted by molar-refractivity contribution is -0.444. The van der Waals surface area contributed by atoms with E-state index in [1.54, 1.807) is 0 Å². The van der Waals surface area contributed by atoms with E-state index in [0.29, 0.717) is 23.7 Å². The number of hydrogen-bond acceptors (Lipinski definition) is 1. The fourth-order valence-corrected chi connectivity index (χ4v) is 5.11. The van der Waals surface area contributed by atoms with Crippen molar-refractivity contribution in [2.24, 2.45) is 0 Å². The minimum atomic E-state index is 0.447. The van der Waals surface area contributed by atoms with Crippen LogP contribution in [0.5, 0.6) is 0 Å². The third-order valence-electron chi connectivity index (χ3n) is 6.43. The zero-order valence-corrected chi connectivity index (χ0v) is 21.4. The van der Waals surface area contributed by atoms with Crippen LogP contribution in [-0.2, 0) is 0 Å². The highest BCUT2D eigenvalue weighted by atomic mass is 35.5. The fourth-order valence-electron chi connectivity index (χ4n) is 4.77. The van der Waals surface area contributed by atoms with Crippen LogP contribution in [0.1, 0.15) is 108 Å². The van der Waals surface area contributed by atoms with Crippen molar-refractivity contribution < 1.29 is 4.58 Å². The number of rotatable bonds is 6. The Morgan fingerprint density at radius 3 is 1.55 bits per heavy atom. The van der Waals surface area contributed by atoms with Gasteiger partial charge in [0.2, 0.25) is 0 Å². The molecule has 0 amide bonds. The zero-order chi connectivity index (χ0) is 22.9. The van der Waals surface area contributed by atoms with Gasteiger partial charge in [0.1, 0.15) is 11.4 Å². The van der Waals surface area contributed by atoms with Gasteiger partial charge in [0.05, 0.1) is 13.1 Å². The molecule has 0 spiro atoms. The number of anilines is 1. The summed E-state index contributed by atoms with van der Waals surface area (Å²) < 4.78 is 2.39. The summed E-state index contributed by atoms with van der Waals surface area (Å²) in [7, 11) is 0. The average Bonchev–Trinajstić information content (AvgIpc) is 2.72. The first-order valence-electron chi connectivity index (χ1n) is 12.0. The Kier molecular flexibility index (Phi) is 7.52. The van der Waals surface area contributed by atoms with E-state index in [4.69, 9.17) is 11.6 Å². The molecule has 2 nitrogen and oxygen atoms in total. The Hall–Kier alpha value is -1.80. The molecule has 0 atom stereocenters. The van der Waals surface area contributed by atoms with Crippen LogP contribution in [-0.4, -0.2) is 23.0 Å². The van der Waals surface area contributed by atoms with E-state index in [9.17, 15) is 0 Å². The Bertz CT molecular complexity index is 901. The van der Waals surface area contributed by atoms with Gasteiger partial charge in [0.15, 0.2) is 0 Å². The molecule has 1 heterocycles. The molecule has 2 aromatic rings. The van der Waals surface area contributed by atoms with E-state index in [1.165, 1.54) is 33.6 Å². The topological polar surface area (TPSA) is 6.25 Å². The first-order chi connectivity index (χ1) is 14.6. The summed E-state index contributed by atoms with van der Waals surface area (Å²) in [5.41, 5.74) is 8.16. The molecule has 0 radical (unpaired) electrons. The van der Waals surface area contributed by atoms with Crippen LogP contribution in [0.2, 0.25) is 0 Å². The minimum Gasteiger partial charge on any atom is -0.216 e. The van der Waals surface area contributed by atoms with Crippen molar-refractivity contribution in [3.05, 3.63) is 58.7 Å². The second-order valence-corrected chi connectivity index (χ2v) is 10.5. The summed E-state index contributed by atoms with van der Waals surface area (Å²) >= 11 is 7.29. The highest BCUT2D eigenvalue weighted by Gasteiger charge is 2.35. The monoisotopic (exact) mass is 439 g/mol. The van der Waals surface area contributed by atoms with Crippen LogP contribution >= 0.6 is 11.6 Å². The molecule has 0 bridgehead atoms. The van der Waals surface area contributed by atoms with E-state index < -0.39 is 0 Å². The van der Waals surface area contributed by atoms with Crippen LogP contribution in [0.25, 0.3) is 0 Å². The van der Waals surface area contributed by atoms with Crippen molar-refractivity contribution in [3.8, 4) is 0 Å². The van der Waals surface area contributed by atoms with Crippen molar-refractivity contribution in [2.75, 3.05) is 18.0 Å². The van der Waals surface area contributed by atoms with Crippen molar-refractivity contribution >= 4 is 28.3 Å². The minimum absolute atomic E-state index is 0.447. The summed E-state index contributed by atoms with van der Waals surface area (Å²) in [6.07, 6.45) is 1.09. The summed E-state index contributed by atoms with van der Waals surface area (Å²) in [4.78, 5) is 2.39. The van der Waals surface area contributed by atoms with Gasteiger partial charge >= 0.3 is 5.29 Å². The van der Waals surface area contributed by atoms with Crippen molar-refractivity contribution in [1.82, 2.24) is 0 Å². The van der Waals surface area contributed by atoms with E-state index in [1.807, 2.05) is 0 Å². The second-order valence-electron chi connectivity index (χ2n) is 10.1. The molecule has 0 fully saturated rings. The number of halogens is 1. The Morgan fingerprint density at radius 1 is 0.710 bits per heavy atom. The highest BCUT2D eigenvalue weighted by Crippen LogP contribution is 2.40. The molecule has 3 heteroatoms. The third kappa shape index (κ3) is 4.70. The fraction of sp³-hybridized carbons (Fsp3) is 0.536. The van der Waals surface area contributed by atoms with E-state index in [0.717, 1.165) is 24.8 Å². The molecular formula is C28H40ClN2+. The standard InChI is InChI=1S/C28H40ClN2/c1-18(2)22-12-9-13-23(19(3)4)26(22)30-16-11-17-31(28(30)29)27-24(20(5)6)14-10-15-25(27)21(7)8/h9-10,12-15,18-21H,11,16-17H2,1-8H3/q+1. The van der Waals surface area contributed by atoms with Crippen LogP contribution in [0, 0.1) is 0 Å². The molecular weight excluding hydrogens is 400 g/mol. The third-order valence-corrected chi connectivity index (χ3v) is 6.84. The Morgan fingerprint density at radius 2 is 1.13 bits per heavy atom. The first-order valence-corrected chi connectivity index (χ1v) is 12.4. The van der Waals surface area contributed by atoms with Crippen LogP contribution in [0.4, 0.5) is 11.4 Å². The predicted octanol–water partition coefficient (Wildman–Crippen LogP) is 8.33. The average molecular weight is 440 g/mol. The van der Waals surface area contributed by atoms with Crippen LogP contribution in [0.3, 0.4) is 0 Å². The number of benzene rings is 2. The lowest BCUT2D eigenvalue weighted by Crippen LogP contribution is -2.41. The summed E-state index contributed by atoms with van der Waals surface area (Å²) in [5.74, 6) is 1.79. The number of nitrogens with zero attached hydrogens (tertiary/aromatic N) is 2. The molecule has 1 aliphatic rings.